The van der Waals surface area contributed by atoms with Gasteiger partial charge in [0.2, 0.25) is 4.91 Å². The van der Waals surface area contributed by atoms with Gasteiger partial charge in [0, 0.05) is 0 Å². The lowest BCUT2D eigenvalue weighted by Gasteiger charge is -2.09. The molecule has 0 amide bonds. The summed E-state index contributed by atoms with van der Waals surface area (Å²) in [7, 11) is 0. The normalized spacial score (nSPS) is 11.1. The van der Waals surface area contributed by atoms with E-state index in [-0.39, 0.29) is 13.0 Å². The van der Waals surface area contributed by atoms with Crippen LogP contribution in [-0.4, -0.2) is 150 Å². The van der Waals surface area contributed by atoms with Crippen molar-refractivity contribution in [3.63, 3.8) is 0 Å². The van der Waals surface area contributed by atoms with Crippen molar-refractivity contribution >= 4 is 5.97 Å². The molecule has 38 heavy (non-hydrogen) atoms. The average molecular weight is 557 g/mol. The molecule has 0 aromatic heterocycles. The average Bonchev–Trinajstić information content (AvgIpc) is 2.91. The maximum absolute atomic E-state index is 10.3. The van der Waals surface area contributed by atoms with Crippen molar-refractivity contribution in [1.29, 1.82) is 5.53 Å². The molecule has 0 aliphatic carbocycles. The van der Waals surface area contributed by atoms with Crippen LogP contribution in [0.3, 0.4) is 0 Å². The van der Waals surface area contributed by atoms with Gasteiger partial charge >= 0.3 is 5.97 Å². The highest BCUT2D eigenvalue weighted by molar-refractivity contribution is 5.66. The number of carbonyl (C=O) groups is 1. The zero-order valence-corrected chi connectivity index (χ0v) is 22.4. The van der Waals surface area contributed by atoms with Gasteiger partial charge in [-0.1, -0.05) is 0 Å². The first-order valence-corrected chi connectivity index (χ1v) is 12.8. The quantitative estimate of drug-likeness (QED) is 0.0637. The Labute approximate surface area is 224 Å². The Balaban J connectivity index is 3.03. The second-order valence-corrected chi connectivity index (χ2v) is 7.23. The third-order valence-electron chi connectivity index (χ3n) is 4.21. The van der Waals surface area contributed by atoms with E-state index < -0.39 is 5.97 Å². The highest BCUT2D eigenvalue weighted by atomic mass is 16.6. The van der Waals surface area contributed by atoms with Crippen LogP contribution >= 0.6 is 0 Å². The Morgan fingerprint density at radius 1 is 0.474 bits per heavy atom. The second kappa shape index (κ2) is 33.4. The molecule has 0 bridgehead atoms. The Morgan fingerprint density at radius 2 is 0.711 bits per heavy atom. The van der Waals surface area contributed by atoms with Gasteiger partial charge in [0.15, 0.2) is 0 Å². The number of hydrogen-bond acceptors (Lipinski definition) is 13. The Bertz CT molecular complexity index is 510. The number of hydrogen-bond donors (Lipinski definition) is 2. The van der Waals surface area contributed by atoms with Crippen molar-refractivity contribution in [1.82, 2.24) is 4.91 Å². The van der Waals surface area contributed by atoms with Gasteiger partial charge in [-0.2, -0.15) is 0 Å². The first-order valence-electron chi connectivity index (χ1n) is 12.8. The Morgan fingerprint density at radius 3 is 0.947 bits per heavy atom. The molecule has 0 atom stereocenters. The molecule has 0 fully saturated rings. The molecule has 0 aromatic rings. The van der Waals surface area contributed by atoms with E-state index in [9.17, 15) is 4.79 Å². The smallest absolute Gasteiger partial charge is 0.305 e. The molecule has 0 aliphatic rings. The van der Waals surface area contributed by atoms with E-state index in [0.717, 1.165) is 0 Å². The summed E-state index contributed by atoms with van der Waals surface area (Å²) in [6.07, 6.45) is -0.00270. The minimum Gasteiger partial charge on any atom is -0.481 e. The number of nitrogens with zero attached hydrogens (tertiary/aromatic N) is 2. The second-order valence-electron chi connectivity index (χ2n) is 7.23. The molecule has 0 aromatic carbocycles. The van der Waals surface area contributed by atoms with Crippen LogP contribution in [0.4, 0.5) is 0 Å². The zero-order chi connectivity index (χ0) is 27.6. The van der Waals surface area contributed by atoms with E-state index in [1.165, 1.54) is 0 Å². The molecule has 224 valence electrons. The van der Waals surface area contributed by atoms with Gasteiger partial charge in [-0.15, -0.1) is 0 Å². The van der Waals surface area contributed by atoms with Crippen LogP contribution < -0.4 is 4.91 Å². The summed E-state index contributed by atoms with van der Waals surface area (Å²) in [6.45, 7) is 9.49. The van der Waals surface area contributed by atoms with E-state index in [0.29, 0.717) is 132 Å². The number of nitrogens with one attached hydrogen (secondary N) is 1. The minimum absolute atomic E-state index is 0.00270. The number of rotatable bonds is 33. The standard InChI is InChI=1S/C23H45N3O12/c24-26-25-2-4-30-6-8-32-10-12-34-14-16-36-18-20-38-22-21-37-19-17-35-15-13-33-11-9-31-7-5-29-3-1-23(27)28/h24H,1-22H2/p+1. The van der Waals surface area contributed by atoms with Crippen molar-refractivity contribution in [2.24, 2.45) is 5.11 Å². The Hall–Kier alpha value is -1.62. The molecule has 0 heterocycles. The van der Waals surface area contributed by atoms with Crippen LogP contribution in [0.2, 0.25) is 0 Å². The lowest BCUT2D eigenvalue weighted by Crippen LogP contribution is -2.15. The fourth-order valence-corrected chi connectivity index (χ4v) is 2.40. The third-order valence-corrected chi connectivity index (χ3v) is 4.21. The first-order chi connectivity index (χ1) is 18.8. The predicted molar refractivity (Wildman–Crippen MR) is 133 cm³/mol. The van der Waals surface area contributed by atoms with Crippen LogP contribution in [0.25, 0.3) is 0 Å². The van der Waals surface area contributed by atoms with Gasteiger partial charge in [-0.3, -0.25) is 4.79 Å². The molecule has 15 heteroatoms. The molecule has 0 rings (SSSR count). The first kappa shape index (κ1) is 36.4. The van der Waals surface area contributed by atoms with Crippen molar-refractivity contribution < 1.29 is 57.3 Å². The van der Waals surface area contributed by atoms with E-state index in [1.807, 2.05) is 0 Å². The van der Waals surface area contributed by atoms with Crippen LogP contribution in [0.15, 0.2) is 5.11 Å². The number of carboxylic acid groups (broad SMARTS) is 1. The topological polar surface area (TPSA) is 180 Å². The van der Waals surface area contributed by atoms with Crippen molar-refractivity contribution in [2.45, 2.75) is 6.42 Å². The van der Waals surface area contributed by atoms with Crippen LogP contribution in [0.5, 0.6) is 0 Å². The van der Waals surface area contributed by atoms with Gasteiger partial charge in [0.05, 0.1) is 139 Å². The summed E-state index contributed by atoms with van der Waals surface area (Å²) >= 11 is 0. The summed E-state index contributed by atoms with van der Waals surface area (Å²) in [4.78, 5) is 13.2. The lowest BCUT2D eigenvalue weighted by molar-refractivity contribution is -0.138. The maximum atomic E-state index is 10.3. The van der Waals surface area contributed by atoms with E-state index in [4.69, 9.17) is 58.0 Å². The minimum atomic E-state index is -0.875. The van der Waals surface area contributed by atoms with Gasteiger partial charge in [-0.25, -0.2) is 0 Å². The summed E-state index contributed by atoms with van der Waals surface area (Å²) < 4.78 is 53.4. The van der Waals surface area contributed by atoms with E-state index in [1.54, 1.807) is 0 Å². The molecule has 15 nitrogen and oxygen atoms in total. The molecule has 0 spiro atoms. The third kappa shape index (κ3) is 34.4. The van der Waals surface area contributed by atoms with E-state index in [2.05, 4.69) is 10.0 Å². The lowest BCUT2D eigenvalue weighted by atomic mass is 10.5. The molecular formula is C23H46N3O12+. The van der Waals surface area contributed by atoms with Crippen molar-refractivity contribution in [3.8, 4) is 0 Å². The van der Waals surface area contributed by atoms with Crippen molar-refractivity contribution in [2.75, 3.05) is 139 Å². The van der Waals surface area contributed by atoms with Gasteiger partial charge in [0.25, 0.3) is 0 Å². The molecular weight excluding hydrogens is 510 g/mol. The SMILES string of the molecule is N=[N+]=NCCOCCOCCOCCOCCOCCOCCOCCOCCOCCOCCC(=O)O. The molecule has 0 saturated heterocycles. The van der Waals surface area contributed by atoms with Crippen LogP contribution in [-0.2, 0) is 52.2 Å². The fourth-order valence-electron chi connectivity index (χ4n) is 2.40. The van der Waals surface area contributed by atoms with Gasteiger partial charge < -0.3 is 52.5 Å². The van der Waals surface area contributed by atoms with Gasteiger partial charge in [-0.05, 0) is 0 Å². The molecule has 0 saturated carbocycles. The maximum Gasteiger partial charge on any atom is 0.305 e. The molecule has 0 aliphatic heterocycles. The van der Waals surface area contributed by atoms with E-state index >= 15 is 0 Å². The summed E-state index contributed by atoms with van der Waals surface area (Å²) in [6, 6.07) is 0. The monoisotopic (exact) mass is 556 g/mol. The number of carboxylic acids is 1. The summed E-state index contributed by atoms with van der Waals surface area (Å²) in [5, 5.41) is 11.9. The Kier molecular flexibility index (Phi) is 32.0. The van der Waals surface area contributed by atoms with Crippen LogP contribution in [0.1, 0.15) is 6.42 Å². The molecule has 0 unspecified atom stereocenters. The molecule has 2 N–H and O–H groups in total. The van der Waals surface area contributed by atoms with Gasteiger partial charge in [0.1, 0.15) is 17.2 Å². The summed E-state index contributed by atoms with van der Waals surface area (Å²) in [5.41, 5.74) is 6.49. The fraction of sp³-hybridized carbons (Fsp3) is 0.957. The highest BCUT2D eigenvalue weighted by Gasteiger charge is 1.97. The number of aliphatic carboxylic acids is 1. The number of ether oxygens (including phenoxy) is 10. The zero-order valence-electron chi connectivity index (χ0n) is 22.4. The van der Waals surface area contributed by atoms with Crippen molar-refractivity contribution in [3.05, 3.63) is 0 Å². The summed E-state index contributed by atoms with van der Waals surface area (Å²) in [5.74, 6) is -0.875. The molecule has 0 radical (unpaired) electrons. The highest BCUT2D eigenvalue weighted by Crippen LogP contribution is 1.87. The van der Waals surface area contributed by atoms with Crippen LogP contribution in [0, 0.1) is 5.53 Å². The largest absolute Gasteiger partial charge is 0.481 e. The predicted octanol–water partition coefficient (Wildman–Crippen LogP) is 0.177.